The molecule has 0 saturated heterocycles. The molecule has 0 aromatic heterocycles. The summed E-state index contributed by atoms with van der Waals surface area (Å²) in [4.78, 5) is 36.2. The highest BCUT2D eigenvalue weighted by atomic mass is 35.5. The molecule has 33 heavy (non-hydrogen) atoms. The van der Waals surface area contributed by atoms with Crippen molar-refractivity contribution in [2.45, 2.75) is 68.7 Å². The van der Waals surface area contributed by atoms with E-state index in [0.29, 0.717) is 24.8 Å². The monoisotopic (exact) mass is 502 g/mol. The largest absolute Gasteiger partial charge is 0.466 e. The molecule has 182 valence electrons. The van der Waals surface area contributed by atoms with E-state index < -0.39 is 62.7 Å². The number of halogens is 3. The zero-order chi connectivity index (χ0) is 24.6. The van der Waals surface area contributed by atoms with Gasteiger partial charge in [-0.25, -0.2) is 14.0 Å². The second kappa shape index (κ2) is 7.79. The van der Waals surface area contributed by atoms with Gasteiger partial charge in [-0.2, -0.15) is 0 Å². The number of aliphatic hydroxyl groups excluding tert-OH is 1. The molecule has 6 nitrogen and oxygen atoms in total. The SMILES string of the molecule is COC(=O)[C@@]1(OC(=O)C(Cl)Cl)[C@H](C)C[C@H]2[C@@H]3CCC4=CC(=O)C=C[C@]4(C)[C@@]3(F)[C@@H](O)C[C@@]21C. The maximum atomic E-state index is 17.2. The van der Waals surface area contributed by atoms with Gasteiger partial charge < -0.3 is 14.6 Å². The average molecular weight is 503 g/mol. The van der Waals surface area contributed by atoms with Gasteiger partial charge in [0.15, 0.2) is 11.5 Å². The van der Waals surface area contributed by atoms with E-state index in [0.717, 1.165) is 0 Å². The molecular formula is C24H29Cl2FO6. The standard InChI is InChI=1S/C24H29Cl2FO6/c1-12-9-16-15-6-5-13-10-14(28)7-8-21(13,2)23(15,27)17(29)11-22(16,3)24(12,20(31)32-4)33-19(30)18(25)26/h7-8,10,12,15-18,29H,5-6,9,11H2,1-4H3/t12-,15+,16+,17+,21+,22+,23+,24+/m1/s1. The molecule has 3 saturated carbocycles. The summed E-state index contributed by atoms with van der Waals surface area (Å²) < 4.78 is 28.0. The lowest BCUT2D eigenvalue weighted by Crippen LogP contribution is -2.70. The first-order valence-electron chi connectivity index (χ1n) is 11.2. The van der Waals surface area contributed by atoms with Crippen LogP contribution < -0.4 is 0 Å². The minimum Gasteiger partial charge on any atom is -0.466 e. The van der Waals surface area contributed by atoms with Crippen LogP contribution in [0.25, 0.3) is 0 Å². The second-order valence-corrected chi connectivity index (χ2v) is 11.4. The smallest absolute Gasteiger partial charge is 0.351 e. The predicted octanol–water partition coefficient (Wildman–Crippen LogP) is 3.86. The highest BCUT2D eigenvalue weighted by Gasteiger charge is 2.78. The topological polar surface area (TPSA) is 89.9 Å². The van der Waals surface area contributed by atoms with Gasteiger partial charge in [0.2, 0.25) is 10.4 Å². The minimum absolute atomic E-state index is 0.142. The quantitative estimate of drug-likeness (QED) is 0.465. The molecule has 0 aromatic rings. The molecule has 0 spiro atoms. The fourth-order valence-electron chi connectivity index (χ4n) is 7.58. The van der Waals surface area contributed by atoms with Gasteiger partial charge in [-0.15, -0.1) is 0 Å². The third-order valence-corrected chi connectivity index (χ3v) is 9.47. The Balaban J connectivity index is 1.85. The molecule has 0 amide bonds. The van der Waals surface area contributed by atoms with Gasteiger partial charge in [-0.05, 0) is 50.7 Å². The van der Waals surface area contributed by atoms with Gasteiger partial charge in [0.1, 0.15) is 0 Å². The molecule has 9 heteroatoms. The minimum atomic E-state index is -2.06. The average Bonchev–Trinajstić information content (AvgIpc) is 2.96. The number of esters is 2. The van der Waals surface area contributed by atoms with Crippen molar-refractivity contribution in [1.82, 2.24) is 0 Å². The van der Waals surface area contributed by atoms with Crippen molar-refractivity contribution in [1.29, 1.82) is 0 Å². The van der Waals surface area contributed by atoms with Crippen LogP contribution in [0.15, 0.2) is 23.8 Å². The maximum Gasteiger partial charge on any atom is 0.351 e. The van der Waals surface area contributed by atoms with Gasteiger partial charge in [0.25, 0.3) is 0 Å². The molecule has 0 heterocycles. The fraction of sp³-hybridized carbons (Fsp3) is 0.708. The van der Waals surface area contributed by atoms with Crippen molar-refractivity contribution in [3.05, 3.63) is 23.8 Å². The lowest BCUT2D eigenvalue weighted by Gasteiger charge is -2.62. The summed E-state index contributed by atoms with van der Waals surface area (Å²) in [6.45, 7) is 5.23. The molecular weight excluding hydrogens is 474 g/mol. The Morgan fingerprint density at radius 3 is 2.55 bits per heavy atom. The molecule has 0 aliphatic heterocycles. The number of allylic oxidation sites excluding steroid dienone is 4. The first kappa shape index (κ1) is 24.7. The highest BCUT2D eigenvalue weighted by molar-refractivity contribution is 6.53. The van der Waals surface area contributed by atoms with E-state index in [9.17, 15) is 19.5 Å². The van der Waals surface area contributed by atoms with Crippen LogP contribution >= 0.6 is 23.2 Å². The van der Waals surface area contributed by atoms with Gasteiger partial charge in [-0.1, -0.05) is 48.7 Å². The summed E-state index contributed by atoms with van der Waals surface area (Å²) >= 11 is 11.5. The van der Waals surface area contributed by atoms with Crippen LogP contribution in [0.4, 0.5) is 4.39 Å². The lowest BCUT2D eigenvalue weighted by molar-refractivity contribution is -0.235. The summed E-state index contributed by atoms with van der Waals surface area (Å²) in [5, 5.41) is 11.4. The van der Waals surface area contributed by atoms with E-state index in [4.69, 9.17) is 32.7 Å². The molecule has 4 rings (SSSR count). The summed E-state index contributed by atoms with van der Waals surface area (Å²) in [7, 11) is 1.20. The third kappa shape index (κ3) is 2.97. The predicted molar refractivity (Wildman–Crippen MR) is 119 cm³/mol. The Bertz CT molecular complexity index is 965. The third-order valence-electron chi connectivity index (χ3n) is 9.11. The fourth-order valence-corrected chi connectivity index (χ4v) is 7.67. The number of aliphatic hydroxyl groups is 1. The summed E-state index contributed by atoms with van der Waals surface area (Å²) in [5.41, 5.74) is -5.44. The first-order chi connectivity index (χ1) is 15.3. The van der Waals surface area contributed by atoms with Crippen LogP contribution in [-0.2, 0) is 23.9 Å². The number of methoxy groups -OCH3 is 1. The van der Waals surface area contributed by atoms with Crippen LogP contribution in [-0.4, -0.2) is 52.1 Å². The molecule has 0 radical (unpaired) electrons. The van der Waals surface area contributed by atoms with Crippen LogP contribution in [0.1, 0.15) is 46.5 Å². The van der Waals surface area contributed by atoms with Crippen LogP contribution in [0.3, 0.4) is 0 Å². The van der Waals surface area contributed by atoms with Crippen LogP contribution in [0.5, 0.6) is 0 Å². The van der Waals surface area contributed by atoms with Crippen LogP contribution in [0, 0.1) is 28.6 Å². The van der Waals surface area contributed by atoms with Crippen molar-refractivity contribution in [3.8, 4) is 0 Å². The molecule has 4 aliphatic rings. The van der Waals surface area contributed by atoms with Crippen LogP contribution in [0.2, 0.25) is 0 Å². The van der Waals surface area contributed by atoms with Crippen molar-refractivity contribution >= 4 is 40.9 Å². The number of hydrogen-bond donors (Lipinski definition) is 1. The normalized spacial score (nSPS) is 46.2. The zero-order valence-electron chi connectivity index (χ0n) is 19.1. The van der Waals surface area contributed by atoms with E-state index >= 15 is 4.39 Å². The second-order valence-electron chi connectivity index (χ2n) is 10.4. The number of alkyl halides is 3. The zero-order valence-corrected chi connectivity index (χ0v) is 20.6. The molecule has 0 bridgehead atoms. The highest BCUT2D eigenvalue weighted by Crippen LogP contribution is 2.71. The van der Waals surface area contributed by atoms with Gasteiger partial charge >= 0.3 is 11.9 Å². The number of ketones is 1. The maximum absolute atomic E-state index is 17.2. The van der Waals surface area contributed by atoms with Crippen molar-refractivity contribution in [2.75, 3.05) is 7.11 Å². The Morgan fingerprint density at radius 2 is 1.94 bits per heavy atom. The molecule has 4 aliphatic carbocycles. The van der Waals surface area contributed by atoms with Gasteiger partial charge in [0.05, 0.1) is 13.2 Å². The molecule has 0 unspecified atom stereocenters. The number of ether oxygens (including phenoxy) is 2. The van der Waals surface area contributed by atoms with Crippen molar-refractivity contribution in [2.24, 2.45) is 28.6 Å². The summed E-state index contributed by atoms with van der Waals surface area (Å²) in [5.74, 6) is -3.52. The Hall–Kier alpha value is -1.44. The van der Waals surface area contributed by atoms with E-state index in [1.807, 2.05) is 0 Å². The molecule has 8 atom stereocenters. The number of carbonyl (C=O) groups is 3. The lowest BCUT2D eigenvalue weighted by atomic mass is 9.44. The Kier molecular flexibility index (Phi) is 5.82. The van der Waals surface area contributed by atoms with Crippen molar-refractivity contribution < 1.29 is 33.4 Å². The Morgan fingerprint density at radius 1 is 1.27 bits per heavy atom. The van der Waals surface area contributed by atoms with E-state index in [-0.39, 0.29) is 12.2 Å². The number of fused-ring (bicyclic) bond motifs is 5. The van der Waals surface area contributed by atoms with E-state index in [1.165, 1.54) is 19.3 Å². The molecule has 3 fully saturated rings. The van der Waals surface area contributed by atoms with Crippen molar-refractivity contribution in [3.63, 3.8) is 0 Å². The first-order valence-corrected chi connectivity index (χ1v) is 12.1. The number of hydrogen-bond acceptors (Lipinski definition) is 6. The number of carbonyl (C=O) groups excluding carboxylic acids is 3. The summed E-state index contributed by atoms with van der Waals surface area (Å²) in [6, 6.07) is 0. The number of rotatable bonds is 3. The Labute approximate surface area is 202 Å². The molecule has 1 N–H and O–H groups in total. The van der Waals surface area contributed by atoms with E-state index in [2.05, 4.69) is 0 Å². The van der Waals surface area contributed by atoms with Gasteiger partial charge in [0, 0.05) is 22.7 Å². The summed E-state index contributed by atoms with van der Waals surface area (Å²) in [6.07, 6.45) is 4.04. The van der Waals surface area contributed by atoms with Gasteiger partial charge in [-0.3, -0.25) is 4.79 Å². The van der Waals surface area contributed by atoms with E-state index in [1.54, 1.807) is 26.8 Å². The molecule has 0 aromatic carbocycles.